The molecule has 1 aromatic rings. The van der Waals surface area contributed by atoms with Crippen LogP contribution in [0.4, 0.5) is 0 Å². The molecule has 2 rings (SSSR count). The van der Waals surface area contributed by atoms with E-state index >= 15 is 0 Å². The van der Waals surface area contributed by atoms with Crippen molar-refractivity contribution >= 4 is 10.0 Å². The number of nitrogens with zero attached hydrogens (tertiary/aromatic N) is 2. The molecule has 2 N–H and O–H groups in total. The van der Waals surface area contributed by atoms with E-state index in [1.807, 2.05) is 18.4 Å². The molecule has 0 atom stereocenters. The van der Waals surface area contributed by atoms with Gasteiger partial charge >= 0.3 is 0 Å². The zero-order valence-corrected chi connectivity index (χ0v) is 14.3. The first-order valence-electron chi connectivity index (χ1n) is 7.58. The van der Waals surface area contributed by atoms with E-state index in [4.69, 9.17) is 5.73 Å². The third-order valence-electron chi connectivity index (χ3n) is 4.18. The van der Waals surface area contributed by atoms with Gasteiger partial charge in [0, 0.05) is 37.6 Å². The molecule has 5 nitrogen and oxygen atoms in total. The normalized spacial score (nSPS) is 20.1. The Bertz CT molecular complexity index is 602. The smallest absolute Gasteiger partial charge is 0.244 e. The Morgan fingerprint density at radius 3 is 2.52 bits per heavy atom. The number of piperidine rings is 1. The molecule has 1 fully saturated rings. The summed E-state index contributed by atoms with van der Waals surface area (Å²) in [5, 5.41) is 0. The number of aromatic nitrogens is 1. The quantitative estimate of drug-likeness (QED) is 0.927. The fraction of sp³-hybridized carbons (Fsp3) is 0.733. The first-order chi connectivity index (χ1) is 9.67. The number of rotatable bonds is 4. The van der Waals surface area contributed by atoms with Crippen LogP contribution in [0, 0.1) is 5.41 Å². The molecule has 1 saturated heterocycles. The Kier molecular flexibility index (Phi) is 4.52. The lowest BCUT2D eigenvalue weighted by Crippen LogP contribution is -2.43. The zero-order chi connectivity index (χ0) is 15.8. The molecule has 6 heteroatoms. The van der Waals surface area contributed by atoms with Crippen LogP contribution >= 0.6 is 0 Å². The third-order valence-corrected chi connectivity index (χ3v) is 5.99. The largest absolute Gasteiger partial charge is 0.346 e. The van der Waals surface area contributed by atoms with Crippen molar-refractivity contribution in [1.82, 2.24) is 8.87 Å². The minimum atomic E-state index is -3.42. The lowest BCUT2D eigenvalue weighted by atomic mass is 9.85. The summed E-state index contributed by atoms with van der Waals surface area (Å²) in [6, 6.07) is 1.92. The highest BCUT2D eigenvalue weighted by Crippen LogP contribution is 2.32. The molecule has 0 unspecified atom stereocenters. The summed E-state index contributed by atoms with van der Waals surface area (Å²) in [5.41, 5.74) is 6.64. The molecule has 0 bridgehead atoms. The predicted molar refractivity (Wildman–Crippen MR) is 84.5 cm³/mol. The molecule has 0 radical (unpaired) electrons. The maximum atomic E-state index is 12.9. The Balaban J connectivity index is 2.35. The van der Waals surface area contributed by atoms with Gasteiger partial charge in [0.05, 0.1) is 0 Å². The van der Waals surface area contributed by atoms with E-state index in [1.54, 1.807) is 16.6 Å². The van der Waals surface area contributed by atoms with Gasteiger partial charge in [0.1, 0.15) is 4.90 Å². The average Bonchev–Trinajstić information content (AvgIpc) is 2.82. The molecule has 2 heterocycles. The number of nitrogens with two attached hydrogens (primary N) is 1. The van der Waals surface area contributed by atoms with Crippen LogP contribution in [0.5, 0.6) is 0 Å². The van der Waals surface area contributed by atoms with Crippen LogP contribution in [0.3, 0.4) is 0 Å². The van der Waals surface area contributed by atoms with Gasteiger partial charge in [-0.3, -0.25) is 0 Å². The monoisotopic (exact) mass is 313 g/mol. The zero-order valence-electron chi connectivity index (χ0n) is 13.5. The van der Waals surface area contributed by atoms with E-state index in [0.29, 0.717) is 24.5 Å². The van der Waals surface area contributed by atoms with Gasteiger partial charge in [-0.1, -0.05) is 13.8 Å². The molecule has 21 heavy (non-hydrogen) atoms. The van der Waals surface area contributed by atoms with E-state index in [9.17, 15) is 8.42 Å². The molecule has 1 aromatic heterocycles. The van der Waals surface area contributed by atoms with E-state index in [1.165, 1.54) is 0 Å². The van der Waals surface area contributed by atoms with Crippen LogP contribution in [0.25, 0.3) is 0 Å². The van der Waals surface area contributed by atoms with E-state index in [0.717, 1.165) is 18.5 Å². The average molecular weight is 313 g/mol. The summed E-state index contributed by atoms with van der Waals surface area (Å²) < 4.78 is 29.3. The fourth-order valence-electron chi connectivity index (χ4n) is 3.01. The second-order valence-corrected chi connectivity index (χ2v) is 8.92. The number of sulfonamides is 1. The SMILES string of the molecule is CC(C)n1cc(S(=O)(=O)N2CCCC(C)(C)C2)cc1CN. The lowest BCUT2D eigenvalue weighted by Gasteiger charge is -2.36. The molecule has 0 amide bonds. The van der Waals surface area contributed by atoms with Crippen molar-refractivity contribution in [3.8, 4) is 0 Å². The first kappa shape index (κ1) is 16.5. The van der Waals surface area contributed by atoms with Crippen LogP contribution in [0.15, 0.2) is 17.2 Å². The van der Waals surface area contributed by atoms with E-state index < -0.39 is 10.0 Å². The lowest BCUT2D eigenvalue weighted by molar-refractivity contribution is 0.187. The van der Waals surface area contributed by atoms with Crippen LogP contribution < -0.4 is 5.73 Å². The molecule has 120 valence electrons. The molecule has 0 spiro atoms. The summed E-state index contributed by atoms with van der Waals surface area (Å²) >= 11 is 0. The molecule has 1 aliphatic heterocycles. The van der Waals surface area contributed by atoms with Crippen molar-refractivity contribution in [2.45, 2.75) is 58.0 Å². The fourth-order valence-corrected chi connectivity index (χ4v) is 4.72. The highest BCUT2D eigenvalue weighted by Gasteiger charge is 2.34. The third kappa shape index (κ3) is 3.33. The molecule has 1 aliphatic rings. The van der Waals surface area contributed by atoms with Crippen molar-refractivity contribution in [2.75, 3.05) is 13.1 Å². The maximum absolute atomic E-state index is 12.9. The molecule has 0 aromatic carbocycles. The molecular weight excluding hydrogens is 286 g/mol. The minimum absolute atomic E-state index is 0.0443. The van der Waals surface area contributed by atoms with Crippen LogP contribution in [0.1, 0.15) is 52.3 Å². The molecule has 0 aliphatic carbocycles. The van der Waals surface area contributed by atoms with Gasteiger partial charge < -0.3 is 10.3 Å². The second kappa shape index (κ2) is 5.74. The Labute approximate surface area is 128 Å². The van der Waals surface area contributed by atoms with Crippen molar-refractivity contribution in [3.05, 3.63) is 18.0 Å². The van der Waals surface area contributed by atoms with Gasteiger partial charge in [-0.15, -0.1) is 0 Å². The van der Waals surface area contributed by atoms with E-state index in [-0.39, 0.29) is 11.5 Å². The highest BCUT2D eigenvalue weighted by atomic mass is 32.2. The van der Waals surface area contributed by atoms with Gasteiger partial charge in [0.15, 0.2) is 0 Å². The van der Waals surface area contributed by atoms with Crippen molar-refractivity contribution in [1.29, 1.82) is 0 Å². The van der Waals surface area contributed by atoms with Crippen molar-refractivity contribution in [2.24, 2.45) is 11.1 Å². The summed E-state index contributed by atoms with van der Waals surface area (Å²) in [7, 11) is -3.42. The Morgan fingerprint density at radius 1 is 1.38 bits per heavy atom. The second-order valence-electron chi connectivity index (χ2n) is 6.98. The summed E-state index contributed by atoms with van der Waals surface area (Å²) in [6.07, 6.45) is 3.71. The van der Waals surface area contributed by atoms with Gasteiger partial charge in [-0.05, 0) is 38.2 Å². The van der Waals surface area contributed by atoms with Gasteiger partial charge in [-0.2, -0.15) is 4.31 Å². The highest BCUT2D eigenvalue weighted by molar-refractivity contribution is 7.89. The van der Waals surface area contributed by atoms with E-state index in [2.05, 4.69) is 13.8 Å². The van der Waals surface area contributed by atoms with Crippen molar-refractivity contribution in [3.63, 3.8) is 0 Å². The topological polar surface area (TPSA) is 68.3 Å². The summed E-state index contributed by atoms with van der Waals surface area (Å²) in [6.45, 7) is 9.84. The van der Waals surface area contributed by atoms with Crippen molar-refractivity contribution < 1.29 is 8.42 Å². The summed E-state index contributed by atoms with van der Waals surface area (Å²) in [5.74, 6) is 0. The predicted octanol–water partition coefficient (Wildman–Crippen LogP) is 2.34. The Hall–Kier alpha value is -0.850. The molecule has 0 saturated carbocycles. The van der Waals surface area contributed by atoms with Gasteiger partial charge in [-0.25, -0.2) is 8.42 Å². The summed E-state index contributed by atoms with van der Waals surface area (Å²) in [4.78, 5) is 0.370. The number of hydrogen-bond acceptors (Lipinski definition) is 3. The van der Waals surface area contributed by atoms with Crippen LogP contribution in [-0.2, 0) is 16.6 Å². The number of hydrogen-bond donors (Lipinski definition) is 1. The first-order valence-corrected chi connectivity index (χ1v) is 9.02. The van der Waals surface area contributed by atoms with Gasteiger partial charge in [0.2, 0.25) is 10.0 Å². The van der Waals surface area contributed by atoms with Crippen LogP contribution in [0.2, 0.25) is 0 Å². The minimum Gasteiger partial charge on any atom is -0.346 e. The van der Waals surface area contributed by atoms with Gasteiger partial charge in [0.25, 0.3) is 0 Å². The molecular formula is C15H27N3O2S. The standard InChI is InChI=1S/C15H27N3O2S/c1-12(2)18-10-14(8-13(18)9-16)21(19,20)17-7-5-6-15(3,4)11-17/h8,10,12H,5-7,9,11,16H2,1-4H3. The maximum Gasteiger partial charge on any atom is 0.244 e. The Morgan fingerprint density at radius 2 is 2.05 bits per heavy atom. The van der Waals surface area contributed by atoms with Crippen LogP contribution in [-0.4, -0.2) is 30.4 Å².